The van der Waals surface area contributed by atoms with Gasteiger partial charge in [0.25, 0.3) is 7.82 Å². The van der Waals surface area contributed by atoms with Gasteiger partial charge in [-0.05, 0) is 38.5 Å². The van der Waals surface area contributed by atoms with Crippen LogP contribution in [-0.4, -0.2) is 40.7 Å². The molecule has 0 saturated carbocycles. The normalized spacial score (nSPS) is 26.0. The van der Waals surface area contributed by atoms with Crippen LogP contribution in [-0.2, 0) is 18.6 Å². The number of phosphoric ester groups is 1. The highest BCUT2D eigenvalue weighted by atomic mass is 31.2. The number of likely N-dealkylation sites (tertiary alicyclic amines) is 1. The number of nitriles is 1. The minimum Gasteiger partial charge on any atom is -0.756 e. The summed E-state index contributed by atoms with van der Waals surface area (Å²) in [5.41, 5.74) is 0.0893. The molecule has 1 saturated heterocycles. The average molecular weight is 395 g/mol. The van der Waals surface area contributed by atoms with Crippen LogP contribution in [0, 0.1) is 11.3 Å². The van der Waals surface area contributed by atoms with E-state index in [0.29, 0.717) is 36.3 Å². The van der Waals surface area contributed by atoms with Crippen molar-refractivity contribution in [3.8, 4) is 11.8 Å². The summed E-state index contributed by atoms with van der Waals surface area (Å²) in [5, 5.41) is 9.23. The third kappa shape index (κ3) is 4.15. The molecule has 1 fully saturated rings. The van der Waals surface area contributed by atoms with E-state index in [9.17, 15) is 19.5 Å². The summed E-state index contributed by atoms with van der Waals surface area (Å²) in [6, 6.07) is 6.42. The zero-order chi connectivity index (χ0) is 19.8. The highest BCUT2D eigenvalue weighted by molar-refractivity contribution is 7.44. The first-order chi connectivity index (χ1) is 12.6. The van der Waals surface area contributed by atoms with Crippen molar-refractivity contribution in [1.82, 2.24) is 4.90 Å². The van der Waals surface area contributed by atoms with Gasteiger partial charge in [0.1, 0.15) is 17.5 Å². The Balaban J connectivity index is 2.01. The maximum Gasteiger partial charge on any atom is 0.267 e. The quantitative estimate of drug-likeness (QED) is 0.581. The van der Waals surface area contributed by atoms with Crippen molar-refractivity contribution in [2.75, 3.05) is 13.3 Å². The van der Waals surface area contributed by atoms with Crippen molar-refractivity contribution in [2.24, 2.45) is 0 Å². The molecule has 9 nitrogen and oxygen atoms in total. The first kappa shape index (κ1) is 19.8. The van der Waals surface area contributed by atoms with Gasteiger partial charge in [-0.3, -0.25) is 13.9 Å². The number of phosphoric acid groups is 1. The molecule has 2 aliphatic heterocycles. The lowest BCUT2D eigenvalue weighted by Crippen LogP contribution is -2.55. The van der Waals surface area contributed by atoms with E-state index in [1.807, 2.05) is 0 Å². The number of fused-ring (bicyclic) bond motifs is 1. The lowest BCUT2D eigenvalue weighted by atomic mass is 9.85. The Bertz CT molecular complexity index is 829. The van der Waals surface area contributed by atoms with E-state index in [0.717, 1.165) is 0 Å². The molecular formula is C17H20N2O7P-. The maximum atomic E-state index is 12.4. The smallest absolute Gasteiger partial charge is 0.267 e. The van der Waals surface area contributed by atoms with Crippen LogP contribution in [0.2, 0.25) is 0 Å². The molecule has 0 bridgehead atoms. The Morgan fingerprint density at radius 1 is 1.52 bits per heavy atom. The third-order valence-corrected chi connectivity index (χ3v) is 5.14. The van der Waals surface area contributed by atoms with Crippen molar-refractivity contribution >= 4 is 13.7 Å². The molecule has 27 heavy (non-hydrogen) atoms. The van der Waals surface area contributed by atoms with Gasteiger partial charge in [0, 0.05) is 18.5 Å². The SMILES string of the molecule is CC1(C)Oc2ccc(C#N)cc2[C@H](N2CCCC2=O)[C@@H]1OCOP(=O)([O-])O. The van der Waals surface area contributed by atoms with Gasteiger partial charge in [-0.15, -0.1) is 0 Å². The number of hydrogen-bond acceptors (Lipinski definition) is 7. The van der Waals surface area contributed by atoms with Crippen molar-refractivity contribution in [3.05, 3.63) is 29.3 Å². The van der Waals surface area contributed by atoms with E-state index in [1.165, 1.54) is 0 Å². The van der Waals surface area contributed by atoms with Crippen LogP contribution in [0.25, 0.3) is 0 Å². The predicted octanol–water partition coefficient (Wildman–Crippen LogP) is 1.21. The molecule has 146 valence electrons. The zero-order valence-corrected chi connectivity index (χ0v) is 15.8. The lowest BCUT2D eigenvalue weighted by Gasteiger charge is -2.47. The van der Waals surface area contributed by atoms with E-state index in [1.54, 1.807) is 36.9 Å². The fourth-order valence-electron chi connectivity index (χ4n) is 3.58. The third-order valence-electron chi connectivity index (χ3n) is 4.71. The largest absolute Gasteiger partial charge is 0.756 e. The van der Waals surface area contributed by atoms with Crippen LogP contribution in [0.1, 0.15) is 43.9 Å². The Hall–Kier alpha value is -1.95. The lowest BCUT2D eigenvalue weighted by molar-refractivity contribution is -0.236. The maximum absolute atomic E-state index is 12.4. The standard InChI is InChI=1S/C17H21N2O7P/c1-17(2)16(24-10-25-27(21,22)23)15(19-7-3-4-14(19)20)12-8-11(9-18)5-6-13(12)26-17/h5-6,8,15-16H,3-4,7,10H2,1-2H3,(H2,21,22,23)/p-1/t15-,16-/m0/s1. The van der Waals surface area contributed by atoms with E-state index < -0.39 is 32.4 Å². The monoisotopic (exact) mass is 395 g/mol. The van der Waals surface area contributed by atoms with E-state index >= 15 is 0 Å². The number of amides is 1. The minimum atomic E-state index is -4.95. The van der Waals surface area contributed by atoms with Crippen LogP contribution in [0.5, 0.6) is 5.75 Å². The van der Waals surface area contributed by atoms with Crippen LogP contribution in [0.4, 0.5) is 0 Å². The number of carbonyl (C=O) groups is 1. The average Bonchev–Trinajstić information content (AvgIpc) is 2.99. The van der Waals surface area contributed by atoms with Crippen LogP contribution in [0.15, 0.2) is 18.2 Å². The van der Waals surface area contributed by atoms with Crippen molar-refractivity contribution in [2.45, 2.75) is 44.4 Å². The van der Waals surface area contributed by atoms with Crippen LogP contribution >= 0.6 is 7.82 Å². The Morgan fingerprint density at radius 2 is 2.26 bits per heavy atom. The number of rotatable bonds is 5. The Kier molecular flexibility index (Phi) is 5.30. The number of hydrogen-bond donors (Lipinski definition) is 1. The second-order valence-corrected chi connectivity index (χ2v) is 8.20. The Morgan fingerprint density at radius 3 is 2.85 bits per heavy atom. The topological polar surface area (TPSA) is 132 Å². The van der Waals surface area contributed by atoms with Gasteiger partial charge in [-0.2, -0.15) is 5.26 Å². The van der Waals surface area contributed by atoms with E-state index in [-0.39, 0.29) is 5.91 Å². The first-order valence-electron chi connectivity index (χ1n) is 8.45. The molecule has 2 aliphatic rings. The molecule has 1 unspecified atom stereocenters. The molecule has 0 spiro atoms. The zero-order valence-electron chi connectivity index (χ0n) is 15.0. The highest BCUT2D eigenvalue weighted by Gasteiger charge is 2.49. The number of carbonyl (C=O) groups excluding carboxylic acids is 1. The van der Waals surface area contributed by atoms with E-state index in [2.05, 4.69) is 10.6 Å². The van der Waals surface area contributed by atoms with Gasteiger partial charge in [-0.25, -0.2) is 0 Å². The molecular weight excluding hydrogens is 375 g/mol. The molecule has 10 heteroatoms. The fourth-order valence-corrected chi connectivity index (χ4v) is 3.78. The van der Waals surface area contributed by atoms with Crippen molar-refractivity contribution in [1.29, 1.82) is 5.26 Å². The fraction of sp³-hybridized carbons (Fsp3) is 0.529. The minimum absolute atomic E-state index is 0.0582. The molecule has 1 aromatic carbocycles. The summed E-state index contributed by atoms with van der Waals surface area (Å²) >= 11 is 0. The molecule has 1 aromatic rings. The second-order valence-electron chi connectivity index (χ2n) is 7.01. The summed E-state index contributed by atoms with van der Waals surface area (Å²) < 4.78 is 26.8. The molecule has 1 amide bonds. The molecule has 0 aliphatic carbocycles. The summed E-state index contributed by atoms with van der Waals surface area (Å²) in [5.74, 6) is 0.471. The van der Waals surface area contributed by atoms with Crippen molar-refractivity contribution in [3.63, 3.8) is 0 Å². The van der Waals surface area contributed by atoms with Gasteiger partial charge >= 0.3 is 0 Å². The van der Waals surface area contributed by atoms with Crippen LogP contribution in [0.3, 0.4) is 0 Å². The summed E-state index contributed by atoms with van der Waals surface area (Å²) in [7, 11) is -4.95. The highest BCUT2D eigenvalue weighted by Crippen LogP contribution is 2.46. The molecule has 2 heterocycles. The predicted molar refractivity (Wildman–Crippen MR) is 90.2 cm³/mol. The summed E-state index contributed by atoms with van der Waals surface area (Å²) in [4.78, 5) is 33.7. The molecule has 3 atom stereocenters. The van der Waals surface area contributed by atoms with Gasteiger partial charge < -0.3 is 24.2 Å². The second kappa shape index (κ2) is 7.23. The number of nitrogens with zero attached hydrogens (tertiary/aromatic N) is 2. The van der Waals surface area contributed by atoms with Gasteiger partial charge in [0.15, 0.2) is 6.79 Å². The Labute approximate surface area is 156 Å². The van der Waals surface area contributed by atoms with Gasteiger partial charge in [0.05, 0.1) is 17.7 Å². The van der Waals surface area contributed by atoms with Gasteiger partial charge in [-0.1, -0.05) is 0 Å². The molecule has 0 radical (unpaired) electrons. The van der Waals surface area contributed by atoms with Crippen LogP contribution < -0.4 is 9.63 Å². The van der Waals surface area contributed by atoms with Gasteiger partial charge in [0.2, 0.25) is 5.91 Å². The molecule has 3 rings (SSSR count). The summed E-state index contributed by atoms with van der Waals surface area (Å²) in [6.07, 6.45) is 0.313. The molecule has 0 aromatic heterocycles. The van der Waals surface area contributed by atoms with Crippen molar-refractivity contribution < 1.29 is 33.1 Å². The first-order valence-corrected chi connectivity index (χ1v) is 9.94. The number of ether oxygens (including phenoxy) is 2. The molecule has 1 N–H and O–H groups in total. The number of benzene rings is 1. The summed E-state index contributed by atoms with van der Waals surface area (Å²) in [6.45, 7) is 3.29. The van der Waals surface area contributed by atoms with E-state index in [4.69, 9.17) is 14.4 Å².